The summed E-state index contributed by atoms with van der Waals surface area (Å²) >= 11 is 0. The maximum Gasteiger partial charge on any atom is 0.217 e. The van der Waals surface area contributed by atoms with Crippen molar-refractivity contribution in [3.8, 4) is 5.75 Å². The first-order chi connectivity index (χ1) is 12.4. The molecule has 2 atom stereocenters. The van der Waals surface area contributed by atoms with Crippen LogP contribution in [0.4, 0.5) is 0 Å². The van der Waals surface area contributed by atoms with Crippen LogP contribution in [-0.2, 0) is 23.2 Å². The molecule has 0 radical (unpaired) electrons. The second-order valence-corrected chi connectivity index (χ2v) is 9.24. The van der Waals surface area contributed by atoms with Crippen LogP contribution in [-0.4, -0.2) is 34.0 Å². The zero-order chi connectivity index (χ0) is 18.7. The number of hydrogen-bond donors (Lipinski definition) is 0. The van der Waals surface area contributed by atoms with Crippen LogP contribution in [0.5, 0.6) is 5.75 Å². The number of aromatic nitrogens is 2. The molecule has 1 aromatic carbocycles. The molecule has 0 amide bonds. The lowest BCUT2D eigenvalue weighted by molar-refractivity contribution is 0.283. The predicted molar refractivity (Wildman–Crippen MR) is 100 cm³/mol. The normalized spacial score (nSPS) is 22.9. The van der Waals surface area contributed by atoms with Crippen LogP contribution in [0, 0.1) is 6.92 Å². The molecule has 0 N–H and O–H groups in total. The topological polar surface area (TPSA) is 72.4 Å². The number of hydrogen-bond acceptors (Lipinski definition) is 5. The highest BCUT2D eigenvalue weighted by Gasteiger charge is 2.36. The fraction of sp³-hybridized carbons (Fsp3) is 0.474. The maximum atomic E-state index is 12.6. The third-order valence-electron chi connectivity index (χ3n) is 4.78. The Labute approximate surface area is 155 Å². The predicted octanol–water partition coefficient (Wildman–Crippen LogP) is 3.07. The highest BCUT2D eigenvalue weighted by atomic mass is 32.2. The Morgan fingerprint density at radius 2 is 1.77 bits per heavy atom. The van der Waals surface area contributed by atoms with Gasteiger partial charge in [0.05, 0.1) is 5.25 Å². The standard InChI is InChI=1S/C19H25N3O3S/c1-14-10-20-19(21-11-14)13-25-18-8-6-17(7-9-18)12-22-15(2)4-5-16(3)26(22,23)24/h6-11,15-16H,4-5,12-13H2,1-3H3/t15-,16?/m0/s1. The quantitative estimate of drug-likeness (QED) is 0.803. The average Bonchev–Trinajstić information content (AvgIpc) is 2.63. The number of ether oxygens (including phenoxy) is 1. The molecule has 0 spiro atoms. The molecular weight excluding hydrogens is 350 g/mol. The zero-order valence-electron chi connectivity index (χ0n) is 15.4. The molecule has 2 heterocycles. The van der Waals surface area contributed by atoms with Crippen molar-refractivity contribution in [1.29, 1.82) is 0 Å². The lowest BCUT2D eigenvalue weighted by Gasteiger charge is -2.36. The smallest absolute Gasteiger partial charge is 0.217 e. The summed E-state index contributed by atoms with van der Waals surface area (Å²) in [6.07, 6.45) is 5.15. The largest absolute Gasteiger partial charge is 0.486 e. The Morgan fingerprint density at radius 3 is 2.42 bits per heavy atom. The Bertz CT molecular complexity index is 835. The van der Waals surface area contributed by atoms with Gasteiger partial charge in [-0.05, 0) is 56.9 Å². The molecule has 0 aliphatic carbocycles. The van der Waals surface area contributed by atoms with Crippen LogP contribution in [0.2, 0.25) is 0 Å². The van der Waals surface area contributed by atoms with E-state index in [2.05, 4.69) is 9.97 Å². The van der Waals surface area contributed by atoms with E-state index in [-0.39, 0.29) is 11.3 Å². The van der Waals surface area contributed by atoms with Gasteiger partial charge in [0.1, 0.15) is 12.4 Å². The van der Waals surface area contributed by atoms with Crippen molar-refractivity contribution in [2.75, 3.05) is 0 Å². The highest BCUT2D eigenvalue weighted by Crippen LogP contribution is 2.28. The number of benzene rings is 1. The summed E-state index contributed by atoms with van der Waals surface area (Å²) in [5, 5.41) is -0.309. The van der Waals surface area contributed by atoms with Crippen molar-refractivity contribution < 1.29 is 13.2 Å². The van der Waals surface area contributed by atoms with Gasteiger partial charge in [-0.15, -0.1) is 0 Å². The second kappa shape index (κ2) is 7.72. The van der Waals surface area contributed by atoms with E-state index >= 15 is 0 Å². The van der Waals surface area contributed by atoms with Crippen molar-refractivity contribution in [2.24, 2.45) is 0 Å². The van der Waals surface area contributed by atoms with Crippen molar-refractivity contribution in [1.82, 2.24) is 14.3 Å². The molecule has 7 heteroatoms. The van der Waals surface area contributed by atoms with Gasteiger partial charge in [-0.2, -0.15) is 4.31 Å². The van der Waals surface area contributed by atoms with Gasteiger partial charge < -0.3 is 4.74 Å². The van der Waals surface area contributed by atoms with Crippen molar-refractivity contribution in [3.05, 3.63) is 53.6 Å². The average molecular weight is 375 g/mol. The van der Waals surface area contributed by atoms with E-state index in [1.54, 1.807) is 23.6 Å². The van der Waals surface area contributed by atoms with Crippen LogP contribution < -0.4 is 4.74 Å². The molecular formula is C19H25N3O3S. The maximum absolute atomic E-state index is 12.6. The highest BCUT2D eigenvalue weighted by molar-refractivity contribution is 7.89. The molecule has 1 aliphatic heterocycles. The van der Waals surface area contributed by atoms with Gasteiger partial charge >= 0.3 is 0 Å². The minimum Gasteiger partial charge on any atom is -0.486 e. The van der Waals surface area contributed by atoms with Crippen LogP contribution >= 0.6 is 0 Å². The van der Waals surface area contributed by atoms with E-state index in [0.717, 1.165) is 24.0 Å². The van der Waals surface area contributed by atoms with Crippen molar-refractivity contribution in [3.63, 3.8) is 0 Å². The van der Waals surface area contributed by atoms with Gasteiger partial charge in [0.25, 0.3) is 0 Å². The molecule has 0 bridgehead atoms. The number of rotatable bonds is 5. The summed E-state index contributed by atoms with van der Waals surface area (Å²) < 4.78 is 32.5. The van der Waals surface area contributed by atoms with Gasteiger partial charge in [0.2, 0.25) is 10.0 Å². The fourth-order valence-corrected chi connectivity index (χ4v) is 4.84. The first-order valence-electron chi connectivity index (χ1n) is 8.86. The lowest BCUT2D eigenvalue weighted by atomic mass is 10.1. The van der Waals surface area contributed by atoms with Crippen LogP contribution in [0.15, 0.2) is 36.7 Å². The Hall–Kier alpha value is -1.99. The van der Waals surface area contributed by atoms with Gasteiger partial charge in [0.15, 0.2) is 5.82 Å². The summed E-state index contributed by atoms with van der Waals surface area (Å²) in [7, 11) is -3.22. The van der Waals surface area contributed by atoms with E-state index < -0.39 is 10.0 Å². The first kappa shape index (κ1) is 18.8. The van der Waals surface area contributed by atoms with Crippen LogP contribution in [0.3, 0.4) is 0 Å². The minimum absolute atomic E-state index is 0.0332. The molecule has 2 aromatic rings. The van der Waals surface area contributed by atoms with E-state index in [1.165, 1.54) is 0 Å². The molecule has 1 fully saturated rings. The summed E-state index contributed by atoms with van der Waals surface area (Å²) in [6, 6.07) is 7.56. The monoisotopic (exact) mass is 375 g/mol. The third kappa shape index (κ3) is 4.22. The molecule has 0 saturated carbocycles. The molecule has 6 nitrogen and oxygen atoms in total. The van der Waals surface area contributed by atoms with Crippen LogP contribution in [0.1, 0.15) is 43.6 Å². The lowest BCUT2D eigenvalue weighted by Crippen LogP contribution is -2.46. The molecule has 1 aromatic heterocycles. The van der Waals surface area contributed by atoms with E-state index in [4.69, 9.17) is 4.74 Å². The number of nitrogens with zero attached hydrogens (tertiary/aromatic N) is 3. The Morgan fingerprint density at radius 1 is 1.12 bits per heavy atom. The van der Waals surface area contributed by atoms with E-state index in [0.29, 0.717) is 24.7 Å². The summed E-state index contributed by atoms with van der Waals surface area (Å²) in [4.78, 5) is 8.42. The molecule has 1 saturated heterocycles. The van der Waals surface area contributed by atoms with Crippen molar-refractivity contribution >= 4 is 10.0 Å². The molecule has 140 valence electrons. The van der Waals surface area contributed by atoms with Gasteiger partial charge in [-0.3, -0.25) is 0 Å². The number of sulfonamides is 1. The summed E-state index contributed by atoms with van der Waals surface area (Å²) in [6.45, 7) is 6.40. The van der Waals surface area contributed by atoms with E-state index in [9.17, 15) is 8.42 Å². The van der Waals surface area contributed by atoms with Gasteiger partial charge in [-0.1, -0.05) is 12.1 Å². The fourth-order valence-electron chi connectivity index (χ4n) is 3.01. The molecule has 1 aliphatic rings. The number of aryl methyl sites for hydroxylation is 1. The molecule has 3 rings (SSSR count). The summed E-state index contributed by atoms with van der Waals surface area (Å²) in [5.74, 6) is 1.34. The van der Waals surface area contributed by atoms with E-state index in [1.807, 2.05) is 38.1 Å². The molecule has 26 heavy (non-hydrogen) atoms. The molecule has 1 unspecified atom stereocenters. The first-order valence-corrected chi connectivity index (χ1v) is 10.4. The third-order valence-corrected chi connectivity index (χ3v) is 7.18. The van der Waals surface area contributed by atoms with Crippen molar-refractivity contribution in [2.45, 2.75) is 58.1 Å². The minimum atomic E-state index is -3.22. The van der Waals surface area contributed by atoms with Gasteiger partial charge in [-0.25, -0.2) is 18.4 Å². The zero-order valence-corrected chi connectivity index (χ0v) is 16.2. The van der Waals surface area contributed by atoms with Gasteiger partial charge in [0, 0.05) is 25.0 Å². The SMILES string of the molecule is Cc1cnc(COc2ccc(CN3[C@@H](C)CCC(C)S3(=O)=O)cc2)nc1. The van der Waals surface area contributed by atoms with Crippen LogP contribution in [0.25, 0.3) is 0 Å². The Balaban J connectivity index is 1.63. The second-order valence-electron chi connectivity index (χ2n) is 6.94. The summed E-state index contributed by atoms with van der Waals surface area (Å²) in [5.41, 5.74) is 1.96. The Kier molecular flexibility index (Phi) is 5.58.